The van der Waals surface area contributed by atoms with E-state index in [1.165, 1.54) is 0 Å². The van der Waals surface area contributed by atoms with Gasteiger partial charge in [-0.2, -0.15) is 0 Å². The van der Waals surface area contributed by atoms with E-state index < -0.39 is 21.3 Å². The van der Waals surface area contributed by atoms with Crippen LogP contribution in [0.4, 0.5) is 0 Å². The summed E-state index contributed by atoms with van der Waals surface area (Å²) in [6.45, 7) is 0. The molecule has 0 aliphatic carbocycles. The molecule has 0 radical (unpaired) electrons. The lowest BCUT2D eigenvalue weighted by Crippen LogP contribution is -2.14. The second-order valence-electron chi connectivity index (χ2n) is 2.37. The van der Waals surface area contributed by atoms with Gasteiger partial charge >= 0.3 is 0 Å². The molecule has 11 heavy (non-hydrogen) atoms. The third kappa shape index (κ3) is 1.99. The molecule has 2 unspecified atom stereocenters. The van der Waals surface area contributed by atoms with Crippen molar-refractivity contribution < 1.29 is 8.42 Å². The number of nitrogens with zero attached hydrogens (tertiary/aromatic N) is 3. The Morgan fingerprint density at radius 3 is 2.55 bits per heavy atom. The van der Waals surface area contributed by atoms with Crippen molar-refractivity contribution in [2.75, 3.05) is 11.5 Å². The minimum atomic E-state index is -3.06. The second-order valence-corrected chi connectivity index (χ2v) is 5.08. The van der Waals surface area contributed by atoms with Crippen molar-refractivity contribution in [1.82, 2.24) is 0 Å². The van der Waals surface area contributed by atoms with Crippen LogP contribution in [0.25, 0.3) is 10.4 Å². The van der Waals surface area contributed by atoms with Gasteiger partial charge in [-0.3, -0.25) is 0 Å². The summed E-state index contributed by atoms with van der Waals surface area (Å²) in [4.78, 5) is 2.51. The molecule has 0 N–H and O–H groups in total. The normalized spacial score (nSPS) is 34.6. The van der Waals surface area contributed by atoms with Gasteiger partial charge in [-0.1, -0.05) is 5.11 Å². The molecule has 62 valence electrons. The van der Waals surface area contributed by atoms with Gasteiger partial charge in [0.25, 0.3) is 0 Å². The Hall–Kier alpha value is -0.450. The summed E-state index contributed by atoms with van der Waals surface area (Å²) in [5.41, 5.74) is 8.02. The number of sulfone groups is 1. The van der Waals surface area contributed by atoms with Crippen LogP contribution in [0.2, 0.25) is 0 Å². The average Bonchev–Trinajstić information content (AvgIpc) is 2.07. The molecule has 0 aromatic rings. The third-order valence-corrected chi connectivity index (χ3v) is 3.80. The van der Waals surface area contributed by atoms with Crippen LogP contribution in [-0.2, 0) is 9.84 Å². The molecule has 1 aliphatic heterocycles. The minimum absolute atomic E-state index is 0.0851. The van der Waals surface area contributed by atoms with E-state index in [0.29, 0.717) is 0 Å². The van der Waals surface area contributed by atoms with Gasteiger partial charge in [0.15, 0.2) is 9.84 Å². The van der Waals surface area contributed by atoms with Crippen LogP contribution in [0.3, 0.4) is 0 Å². The van der Waals surface area contributed by atoms with Crippen LogP contribution in [0.5, 0.6) is 0 Å². The van der Waals surface area contributed by atoms with E-state index in [-0.39, 0.29) is 11.5 Å². The van der Waals surface area contributed by atoms with Gasteiger partial charge in [0, 0.05) is 4.91 Å². The predicted molar refractivity (Wildman–Crippen MR) is 41.2 cm³/mol. The van der Waals surface area contributed by atoms with Crippen LogP contribution in [0, 0.1) is 0 Å². The van der Waals surface area contributed by atoms with Crippen LogP contribution in [-0.4, -0.2) is 31.3 Å². The highest BCUT2D eigenvalue weighted by molar-refractivity contribution is 7.91. The van der Waals surface area contributed by atoms with Crippen LogP contribution >= 0.6 is 11.6 Å². The van der Waals surface area contributed by atoms with E-state index in [9.17, 15) is 8.42 Å². The van der Waals surface area contributed by atoms with Crippen LogP contribution in [0.1, 0.15) is 0 Å². The van der Waals surface area contributed by atoms with Crippen LogP contribution in [0.15, 0.2) is 5.11 Å². The van der Waals surface area contributed by atoms with Crippen molar-refractivity contribution in [1.29, 1.82) is 0 Å². The zero-order chi connectivity index (χ0) is 8.48. The molecule has 1 fully saturated rings. The molecule has 1 heterocycles. The number of azide groups is 1. The number of hydrogen-bond donors (Lipinski definition) is 0. The van der Waals surface area contributed by atoms with Gasteiger partial charge in [-0.05, 0) is 5.53 Å². The summed E-state index contributed by atoms with van der Waals surface area (Å²) in [5.74, 6) is -0.205. The largest absolute Gasteiger partial charge is 0.229 e. The average molecular weight is 196 g/mol. The minimum Gasteiger partial charge on any atom is -0.229 e. The lowest BCUT2D eigenvalue weighted by Gasteiger charge is -2.00. The first-order valence-electron chi connectivity index (χ1n) is 2.94. The lowest BCUT2D eigenvalue weighted by molar-refractivity contribution is 0.601. The molecule has 7 heteroatoms. The maximum absolute atomic E-state index is 10.9. The molecular formula is C4H6ClN3O2S. The number of hydrogen-bond acceptors (Lipinski definition) is 3. The molecule has 5 nitrogen and oxygen atoms in total. The van der Waals surface area contributed by atoms with Gasteiger partial charge < -0.3 is 0 Å². The second kappa shape index (κ2) is 2.89. The van der Waals surface area contributed by atoms with E-state index in [1.807, 2.05) is 0 Å². The Morgan fingerprint density at radius 2 is 2.18 bits per heavy atom. The number of rotatable bonds is 1. The lowest BCUT2D eigenvalue weighted by atomic mass is 10.3. The molecule has 0 amide bonds. The Kier molecular flexibility index (Phi) is 2.27. The molecule has 1 rings (SSSR count). The highest BCUT2D eigenvalue weighted by Crippen LogP contribution is 2.20. The Labute approximate surface area is 68.9 Å². The maximum Gasteiger partial charge on any atom is 0.152 e. The van der Waals surface area contributed by atoms with Gasteiger partial charge in [0.05, 0.1) is 22.9 Å². The topological polar surface area (TPSA) is 82.9 Å². The highest BCUT2D eigenvalue weighted by Gasteiger charge is 2.35. The number of alkyl halides is 1. The van der Waals surface area contributed by atoms with E-state index in [2.05, 4.69) is 10.0 Å². The van der Waals surface area contributed by atoms with E-state index in [1.54, 1.807) is 0 Å². The SMILES string of the molecule is [N-]=[N+]=NC1CS(=O)(=O)CC1Cl. The molecule has 0 spiro atoms. The standard InChI is InChI=1S/C4H6ClN3O2S/c5-3-1-11(9,10)2-4(3)7-8-6/h3-4H,1-2H2. The monoisotopic (exact) mass is 195 g/mol. The third-order valence-electron chi connectivity index (χ3n) is 1.46. The van der Waals surface area contributed by atoms with Crippen molar-refractivity contribution in [3.05, 3.63) is 10.4 Å². The molecule has 0 saturated carbocycles. The Balaban J connectivity index is 2.82. The summed E-state index contributed by atoms with van der Waals surface area (Å²) in [7, 11) is -3.06. The quantitative estimate of drug-likeness (QED) is 0.267. The van der Waals surface area contributed by atoms with Gasteiger partial charge in [-0.15, -0.1) is 11.6 Å². The van der Waals surface area contributed by atoms with Crippen molar-refractivity contribution >= 4 is 21.4 Å². The molecule has 2 atom stereocenters. The fourth-order valence-electron chi connectivity index (χ4n) is 0.958. The first-order valence-corrected chi connectivity index (χ1v) is 5.19. The van der Waals surface area contributed by atoms with Crippen molar-refractivity contribution in [2.45, 2.75) is 11.4 Å². The smallest absolute Gasteiger partial charge is 0.152 e. The van der Waals surface area contributed by atoms with Crippen LogP contribution < -0.4 is 0 Å². The van der Waals surface area contributed by atoms with Crippen molar-refractivity contribution in [3.8, 4) is 0 Å². The maximum atomic E-state index is 10.9. The predicted octanol–water partition coefficient (Wildman–Crippen LogP) is 0.701. The molecule has 0 aromatic heterocycles. The first-order chi connectivity index (χ1) is 5.05. The number of halogens is 1. The molecule has 0 aromatic carbocycles. The molecule has 1 saturated heterocycles. The fraction of sp³-hybridized carbons (Fsp3) is 1.00. The van der Waals surface area contributed by atoms with E-state index in [0.717, 1.165) is 0 Å². The van der Waals surface area contributed by atoms with Gasteiger partial charge in [-0.25, -0.2) is 8.42 Å². The first kappa shape index (κ1) is 8.64. The molecular weight excluding hydrogens is 190 g/mol. The van der Waals surface area contributed by atoms with Crippen molar-refractivity contribution in [2.24, 2.45) is 5.11 Å². The molecule has 0 bridgehead atoms. The zero-order valence-corrected chi connectivity index (χ0v) is 7.09. The van der Waals surface area contributed by atoms with Crippen molar-refractivity contribution in [3.63, 3.8) is 0 Å². The Bertz CT molecular complexity index is 294. The fourth-order valence-corrected chi connectivity index (χ4v) is 3.44. The van der Waals surface area contributed by atoms with E-state index in [4.69, 9.17) is 17.1 Å². The summed E-state index contributed by atoms with van der Waals surface area (Å²) < 4.78 is 21.7. The zero-order valence-electron chi connectivity index (χ0n) is 5.51. The van der Waals surface area contributed by atoms with Gasteiger partial charge in [0.1, 0.15) is 0 Å². The Morgan fingerprint density at radius 1 is 1.55 bits per heavy atom. The molecule has 1 aliphatic rings. The van der Waals surface area contributed by atoms with Gasteiger partial charge in [0.2, 0.25) is 0 Å². The highest BCUT2D eigenvalue weighted by atomic mass is 35.5. The summed E-state index contributed by atoms with van der Waals surface area (Å²) in [6.07, 6.45) is 0. The summed E-state index contributed by atoms with van der Waals surface area (Å²) in [6, 6.07) is -0.591. The summed E-state index contributed by atoms with van der Waals surface area (Å²) >= 11 is 5.60. The summed E-state index contributed by atoms with van der Waals surface area (Å²) in [5, 5.41) is 2.71. The van der Waals surface area contributed by atoms with E-state index >= 15 is 0 Å².